The number of carbonyl (C=O) groups is 1. The van der Waals surface area contributed by atoms with Gasteiger partial charge in [0.2, 0.25) is 0 Å². The summed E-state index contributed by atoms with van der Waals surface area (Å²) in [5.41, 5.74) is 1.38. The van der Waals surface area contributed by atoms with E-state index < -0.39 is 5.54 Å². The fourth-order valence-electron chi connectivity index (χ4n) is 3.51. The Morgan fingerprint density at radius 3 is 2.89 bits per heavy atom. The van der Waals surface area contributed by atoms with Crippen molar-refractivity contribution in [1.82, 2.24) is 10.3 Å². The Kier molecular flexibility index (Phi) is 4.96. The minimum Gasteiger partial charge on any atom is -0.491 e. The molecule has 1 unspecified atom stereocenters. The largest absolute Gasteiger partial charge is 0.491 e. The van der Waals surface area contributed by atoms with Crippen molar-refractivity contribution in [2.75, 3.05) is 44.4 Å². The van der Waals surface area contributed by atoms with Crippen molar-refractivity contribution in [3.05, 3.63) is 53.9 Å². The Morgan fingerprint density at radius 1 is 1.26 bits per heavy atom. The lowest BCUT2D eigenvalue weighted by molar-refractivity contribution is 0.0649. The van der Waals surface area contributed by atoms with Gasteiger partial charge in [-0.05, 0) is 23.8 Å². The number of carbonyl (C=O) groups excluding carboxylic acids is 1. The first kappa shape index (κ1) is 17.8. The lowest BCUT2D eigenvalue weighted by atomic mass is 9.89. The number of nitrogens with one attached hydrogen (secondary N) is 1. The molecule has 1 aromatic carbocycles. The first-order valence-electron chi connectivity index (χ1n) is 9.12. The van der Waals surface area contributed by atoms with Crippen LogP contribution >= 0.6 is 0 Å². The molecule has 7 nitrogen and oxygen atoms in total. The summed E-state index contributed by atoms with van der Waals surface area (Å²) < 4.78 is 11.1. The van der Waals surface area contributed by atoms with Gasteiger partial charge in [0.25, 0.3) is 5.91 Å². The number of para-hydroxylation sites is 1. The molecule has 0 saturated carbocycles. The molecular weight excluding hydrogens is 346 g/mol. The molecule has 3 heterocycles. The van der Waals surface area contributed by atoms with Crippen molar-refractivity contribution in [3.8, 4) is 5.75 Å². The van der Waals surface area contributed by atoms with Gasteiger partial charge in [-0.2, -0.15) is 0 Å². The predicted molar refractivity (Wildman–Crippen MR) is 100 cm³/mol. The number of morpholine rings is 1. The van der Waals surface area contributed by atoms with Crippen LogP contribution in [0.4, 0.5) is 5.69 Å². The summed E-state index contributed by atoms with van der Waals surface area (Å²) in [5.74, 6) is 0.477. The molecule has 142 valence electrons. The molecule has 1 fully saturated rings. The minimum absolute atomic E-state index is 0.212. The Hall–Kier alpha value is -2.64. The van der Waals surface area contributed by atoms with Crippen LogP contribution in [0.25, 0.3) is 0 Å². The number of aliphatic hydroxyl groups excluding tert-OH is 1. The fourth-order valence-corrected chi connectivity index (χ4v) is 3.51. The molecule has 1 amide bonds. The lowest BCUT2D eigenvalue weighted by Gasteiger charge is -2.37. The smallest absolute Gasteiger partial charge is 0.270 e. The van der Waals surface area contributed by atoms with Crippen LogP contribution in [0.5, 0.6) is 5.75 Å². The third-order valence-corrected chi connectivity index (χ3v) is 5.04. The number of aromatic nitrogens is 1. The molecule has 0 radical (unpaired) electrons. The fraction of sp³-hybridized carbons (Fsp3) is 0.400. The van der Waals surface area contributed by atoms with Crippen molar-refractivity contribution in [2.24, 2.45) is 0 Å². The molecule has 2 N–H and O–H groups in total. The van der Waals surface area contributed by atoms with E-state index in [0.717, 1.165) is 30.1 Å². The summed E-state index contributed by atoms with van der Waals surface area (Å²) in [6, 6.07) is 11.3. The van der Waals surface area contributed by atoms with Crippen molar-refractivity contribution in [3.63, 3.8) is 0 Å². The zero-order valence-corrected chi connectivity index (χ0v) is 15.1. The summed E-state index contributed by atoms with van der Waals surface area (Å²) in [5, 5.41) is 12.9. The summed E-state index contributed by atoms with van der Waals surface area (Å²) >= 11 is 0. The number of ether oxygens (including phenoxy) is 2. The highest BCUT2D eigenvalue weighted by Gasteiger charge is 2.37. The number of pyridine rings is 1. The van der Waals surface area contributed by atoms with Gasteiger partial charge in [-0.3, -0.25) is 9.78 Å². The van der Waals surface area contributed by atoms with E-state index in [2.05, 4.69) is 15.2 Å². The van der Waals surface area contributed by atoms with Crippen molar-refractivity contribution in [2.45, 2.75) is 12.0 Å². The lowest BCUT2D eigenvalue weighted by Crippen LogP contribution is -2.58. The van der Waals surface area contributed by atoms with Gasteiger partial charge in [-0.15, -0.1) is 0 Å². The second kappa shape index (κ2) is 7.54. The summed E-state index contributed by atoms with van der Waals surface area (Å²) in [6.45, 7) is 2.93. The normalized spacial score (nSPS) is 21.9. The molecule has 1 saturated heterocycles. The van der Waals surface area contributed by atoms with Crippen LogP contribution in [0.2, 0.25) is 0 Å². The highest BCUT2D eigenvalue weighted by atomic mass is 16.5. The standard InChI is InChI=1S/C20H23N3O4/c24-13-20(12-15-3-1-2-4-18(15)27-14-20)22-19(25)17-11-16(5-6-21-17)23-7-9-26-10-8-23/h1-6,11,24H,7-10,12-14H2,(H,22,25). The Morgan fingerprint density at radius 2 is 2.07 bits per heavy atom. The van der Waals surface area contributed by atoms with Crippen LogP contribution in [0.3, 0.4) is 0 Å². The van der Waals surface area contributed by atoms with Gasteiger partial charge < -0.3 is 24.8 Å². The van der Waals surface area contributed by atoms with Gasteiger partial charge >= 0.3 is 0 Å². The maximum absolute atomic E-state index is 12.8. The highest BCUT2D eigenvalue weighted by molar-refractivity contribution is 5.93. The van der Waals surface area contributed by atoms with Gasteiger partial charge in [0.05, 0.1) is 19.8 Å². The molecule has 7 heteroatoms. The van der Waals surface area contributed by atoms with E-state index >= 15 is 0 Å². The van der Waals surface area contributed by atoms with Crippen LogP contribution < -0.4 is 15.0 Å². The first-order chi connectivity index (χ1) is 13.2. The summed E-state index contributed by atoms with van der Waals surface area (Å²) in [4.78, 5) is 19.2. The molecular formula is C20H23N3O4. The van der Waals surface area contributed by atoms with Crippen LogP contribution in [-0.2, 0) is 11.2 Å². The number of benzene rings is 1. The minimum atomic E-state index is -0.859. The molecule has 1 atom stereocenters. The first-order valence-corrected chi connectivity index (χ1v) is 9.12. The van der Waals surface area contributed by atoms with E-state index in [1.807, 2.05) is 30.3 Å². The average Bonchev–Trinajstić information content (AvgIpc) is 2.74. The number of aliphatic hydroxyl groups is 1. The molecule has 0 aliphatic carbocycles. The third kappa shape index (κ3) is 3.74. The number of anilines is 1. The van der Waals surface area contributed by atoms with Crippen LogP contribution in [0, 0.1) is 0 Å². The SMILES string of the molecule is O=C(NC1(CO)COc2ccccc2C1)c1cc(N2CCOCC2)ccn1. The van der Waals surface area contributed by atoms with Gasteiger partial charge in [0.15, 0.2) is 0 Å². The monoisotopic (exact) mass is 369 g/mol. The maximum atomic E-state index is 12.8. The van der Waals surface area contributed by atoms with Gasteiger partial charge in [0.1, 0.15) is 23.6 Å². The highest BCUT2D eigenvalue weighted by Crippen LogP contribution is 2.29. The zero-order chi connectivity index (χ0) is 18.7. The summed E-state index contributed by atoms with van der Waals surface area (Å²) in [6.07, 6.45) is 2.15. The predicted octanol–water partition coefficient (Wildman–Crippen LogP) is 1.01. The second-order valence-corrected chi connectivity index (χ2v) is 6.96. The van der Waals surface area contributed by atoms with Crippen LogP contribution in [0.15, 0.2) is 42.6 Å². The second-order valence-electron chi connectivity index (χ2n) is 6.96. The number of hydrogen-bond donors (Lipinski definition) is 2. The topological polar surface area (TPSA) is 83.9 Å². The third-order valence-electron chi connectivity index (χ3n) is 5.04. The average molecular weight is 369 g/mol. The number of fused-ring (bicyclic) bond motifs is 1. The number of amides is 1. The summed E-state index contributed by atoms with van der Waals surface area (Å²) in [7, 11) is 0. The Balaban J connectivity index is 1.51. The van der Waals surface area contributed by atoms with Crippen molar-refractivity contribution >= 4 is 11.6 Å². The van der Waals surface area contributed by atoms with E-state index in [4.69, 9.17) is 9.47 Å². The number of hydrogen-bond acceptors (Lipinski definition) is 6. The number of rotatable bonds is 4. The van der Waals surface area contributed by atoms with Gasteiger partial charge in [-0.25, -0.2) is 0 Å². The molecule has 2 aromatic rings. The molecule has 4 rings (SSSR count). The van der Waals surface area contributed by atoms with Crippen LogP contribution in [-0.4, -0.2) is 61.1 Å². The number of nitrogens with zero attached hydrogens (tertiary/aromatic N) is 2. The van der Waals surface area contributed by atoms with E-state index in [-0.39, 0.29) is 19.1 Å². The van der Waals surface area contributed by atoms with E-state index in [1.165, 1.54) is 0 Å². The van der Waals surface area contributed by atoms with Crippen LogP contribution in [0.1, 0.15) is 16.1 Å². The molecule has 2 aliphatic heterocycles. The van der Waals surface area contributed by atoms with Crippen molar-refractivity contribution in [1.29, 1.82) is 0 Å². The molecule has 27 heavy (non-hydrogen) atoms. The molecule has 0 bridgehead atoms. The zero-order valence-electron chi connectivity index (χ0n) is 15.1. The Labute approximate surface area is 157 Å². The van der Waals surface area contributed by atoms with Gasteiger partial charge in [-0.1, -0.05) is 18.2 Å². The quantitative estimate of drug-likeness (QED) is 0.837. The van der Waals surface area contributed by atoms with E-state index in [1.54, 1.807) is 12.3 Å². The van der Waals surface area contributed by atoms with Gasteiger partial charge in [0, 0.05) is 31.4 Å². The maximum Gasteiger partial charge on any atom is 0.270 e. The molecule has 1 aromatic heterocycles. The molecule has 0 spiro atoms. The van der Waals surface area contributed by atoms with E-state index in [9.17, 15) is 9.90 Å². The van der Waals surface area contributed by atoms with Crippen molar-refractivity contribution < 1.29 is 19.4 Å². The Bertz CT molecular complexity index is 822. The molecule has 2 aliphatic rings. The van der Waals surface area contributed by atoms with E-state index in [0.29, 0.717) is 25.3 Å².